The van der Waals surface area contributed by atoms with Crippen molar-refractivity contribution in [1.29, 1.82) is 0 Å². The van der Waals surface area contributed by atoms with Crippen LogP contribution in [-0.2, 0) is 10.8 Å². The highest BCUT2D eigenvalue weighted by atomic mass is 14.4. The third-order valence-corrected chi connectivity index (χ3v) is 9.68. The molecule has 8 rings (SSSR count). The summed E-state index contributed by atoms with van der Waals surface area (Å²) in [6.07, 6.45) is 0. The molecule has 6 aromatic carbocycles. The van der Waals surface area contributed by atoms with E-state index in [0.717, 1.165) is 0 Å². The average molecular weight is 513 g/mol. The summed E-state index contributed by atoms with van der Waals surface area (Å²) in [6, 6.07) is 45.3. The minimum absolute atomic E-state index is 0.0134. The zero-order chi connectivity index (χ0) is 27.2. The highest BCUT2D eigenvalue weighted by molar-refractivity contribution is 6.10. The Morgan fingerprint density at radius 2 is 0.875 bits per heavy atom. The molecule has 40 heavy (non-hydrogen) atoms. The number of hydrogen-bond acceptors (Lipinski definition) is 0. The third kappa shape index (κ3) is 3.08. The first-order valence-corrected chi connectivity index (χ1v) is 14.4. The molecular formula is C40H32. The van der Waals surface area contributed by atoms with Gasteiger partial charge in [0.1, 0.15) is 0 Å². The first kappa shape index (κ1) is 23.5. The zero-order valence-corrected chi connectivity index (χ0v) is 23.5. The summed E-state index contributed by atoms with van der Waals surface area (Å²) >= 11 is 0. The van der Waals surface area contributed by atoms with Gasteiger partial charge in [-0.2, -0.15) is 0 Å². The maximum Gasteiger partial charge on any atom is 0.0159 e. The van der Waals surface area contributed by atoms with Crippen molar-refractivity contribution in [2.45, 2.75) is 38.5 Å². The zero-order valence-electron chi connectivity index (χ0n) is 23.5. The van der Waals surface area contributed by atoms with Crippen molar-refractivity contribution in [3.8, 4) is 44.5 Å². The van der Waals surface area contributed by atoms with Crippen LogP contribution >= 0.6 is 0 Å². The fourth-order valence-corrected chi connectivity index (χ4v) is 7.53. The molecule has 2 aliphatic rings. The Labute approximate surface area is 237 Å². The first-order chi connectivity index (χ1) is 19.4. The van der Waals surface area contributed by atoms with Crippen molar-refractivity contribution in [2.24, 2.45) is 0 Å². The minimum Gasteiger partial charge on any atom is -0.0622 e. The lowest BCUT2D eigenvalue weighted by Crippen LogP contribution is -2.15. The lowest BCUT2D eigenvalue weighted by atomic mass is 9.80. The lowest BCUT2D eigenvalue weighted by Gasteiger charge is -2.23. The van der Waals surface area contributed by atoms with Crippen LogP contribution < -0.4 is 0 Å². The molecule has 0 radical (unpaired) electrons. The molecule has 192 valence electrons. The Kier molecular flexibility index (Phi) is 4.73. The molecular weight excluding hydrogens is 480 g/mol. The van der Waals surface area contributed by atoms with Crippen LogP contribution in [0.15, 0.2) is 121 Å². The van der Waals surface area contributed by atoms with Crippen molar-refractivity contribution < 1.29 is 0 Å². The summed E-state index contributed by atoms with van der Waals surface area (Å²) in [5, 5.41) is 2.74. The van der Waals surface area contributed by atoms with Gasteiger partial charge in [0.05, 0.1) is 0 Å². The summed E-state index contributed by atoms with van der Waals surface area (Å²) < 4.78 is 0. The van der Waals surface area contributed by atoms with E-state index in [-0.39, 0.29) is 10.8 Å². The molecule has 0 unspecified atom stereocenters. The van der Waals surface area contributed by atoms with E-state index >= 15 is 0 Å². The van der Waals surface area contributed by atoms with Gasteiger partial charge in [0.2, 0.25) is 0 Å². The highest BCUT2D eigenvalue weighted by Crippen LogP contribution is 2.56. The summed E-state index contributed by atoms with van der Waals surface area (Å²) in [4.78, 5) is 0. The van der Waals surface area contributed by atoms with Gasteiger partial charge < -0.3 is 0 Å². The lowest BCUT2D eigenvalue weighted by molar-refractivity contribution is 0.660. The van der Waals surface area contributed by atoms with Crippen molar-refractivity contribution in [3.05, 3.63) is 144 Å². The van der Waals surface area contributed by atoms with E-state index < -0.39 is 0 Å². The number of fused-ring (bicyclic) bond motifs is 9. The van der Waals surface area contributed by atoms with E-state index in [2.05, 4.69) is 149 Å². The van der Waals surface area contributed by atoms with Gasteiger partial charge >= 0.3 is 0 Å². The van der Waals surface area contributed by atoms with Crippen LogP contribution in [0.1, 0.15) is 49.9 Å². The van der Waals surface area contributed by atoms with Gasteiger partial charge in [-0.25, -0.2) is 0 Å². The number of hydrogen-bond donors (Lipinski definition) is 0. The van der Waals surface area contributed by atoms with Crippen molar-refractivity contribution in [1.82, 2.24) is 0 Å². The summed E-state index contributed by atoms with van der Waals surface area (Å²) in [7, 11) is 0. The Morgan fingerprint density at radius 3 is 1.57 bits per heavy atom. The molecule has 0 spiro atoms. The quantitative estimate of drug-likeness (QED) is 0.216. The van der Waals surface area contributed by atoms with Gasteiger partial charge in [-0.15, -0.1) is 0 Å². The van der Waals surface area contributed by atoms with Gasteiger partial charge in [0.25, 0.3) is 0 Å². The molecule has 0 fully saturated rings. The third-order valence-electron chi connectivity index (χ3n) is 9.68. The fourth-order valence-electron chi connectivity index (χ4n) is 7.53. The molecule has 0 bridgehead atoms. The second-order valence-corrected chi connectivity index (χ2v) is 12.6. The Morgan fingerprint density at radius 1 is 0.350 bits per heavy atom. The van der Waals surface area contributed by atoms with Gasteiger partial charge in [-0.3, -0.25) is 0 Å². The van der Waals surface area contributed by atoms with Crippen LogP contribution in [0.25, 0.3) is 55.3 Å². The Balaban J connectivity index is 1.32. The predicted octanol–water partition coefficient (Wildman–Crippen LogP) is 10.8. The maximum atomic E-state index is 2.44. The molecule has 0 atom stereocenters. The van der Waals surface area contributed by atoms with Crippen LogP contribution in [0.3, 0.4) is 0 Å². The van der Waals surface area contributed by atoms with E-state index in [1.807, 2.05) is 0 Å². The second kappa shape index (κ2) is 8.05. The largest absolute Gasteiger partial charge is 0.0622 e. The van der Waals surface area contributed by atoms with Crippen LogP contribution in [0, 0.1) is 0 Å². The summed E-state index contributed by atoms with van der Waals surface area (Å²) in [6.45, 7) is 9.51. The molecule has 2 aliphatic carbocycles. The SMILES string of the molecule is CC1(C)c2ccccc2-c2c1ccc1c3c(ccc21)C(C)(C)c1cc(-c2cccc(-c4ccccc4)c2)ccc1-3. The predicted molar refractivity (Wildman–Crippen MR) is 170 cm³/mol. The standard InChI is InChI=1S/C40H32/c1-39(2)33-16-9-8-15-31(33)37-29-20-22-35-38(30(29)19-21-34(37)39)32-18-17-28(24-36(32)40(35,3)4)27-14-10-13-26(23-27)25-11-6-5-7-12-25/h5-24H,1-4H3. The number of benzene rings is 6. The summed E-state index contributed by atoms with van der Waals surface area (Å²) in [5.41, 5.74) is 16.3. The average Bonchev–Trinajstić information content (AvgIpc) is 3.37. The molecule has 0 nitrogen and oxygen atoms in total. The monoisotopic (exact) mass is 512 g/mol. The van der Waals surface area contributed by atoms with Crippen LogP contribution in [0.2, 0.25) is 0 Å². The van der Waals surface area contributed by atoms with E-state index in [9.17, 15) is 0 Å². The molecule has 6 aromatic rings. The Bertz CT molecular complexity index is 1990. The molecule has 0 amide bonds. The van der Waals surface area contributed by atoms with Gasteiger partial charge in [-0.05, 0) is 89.7 Å². The van der Waals surface area contributed by atoms with Crippen molar-refractivity contribution in [3.63, 3.8) is 0 Å². The van der Waals surface area contributed by atoms with E-state index in [0.29, 0.717) is 0 Å². The highest BCUT2D eigenvalue weighted by Gasteiger charge is 2.39. The van der Waals surface area contributed by atoms with Gasteiger partial charge in [-0.1, -0.05) is 137 Å². The topological polar surface area (TPSA) is 0 Å². The molecule has 0 N–H and O–H groups in total. The van der Waals surface area contributed by atoms with Gasteiger partial charge in [0, 0.05) is 10.8 Å². The Hall–Kier alpha value is -4.42. The molecule has 0 aromatic heterocycles. The first-order valence-electron chi connectivity index (χ1n) is 14.4. The van der Waals surface area contributed by atoms with E-state index in [1.165, 1.54) is 77.5 Å². The summed E-state index contributed by atoms with van der Waals surface area (Å²) in [5.74, 6) is 0. The van der Waals surface area contributed by atoms with E-state index in [1.54, 1.807) is 0 Å². The minimum atomic E-state index is -0.0674. The molecule has 0 heterocycles. The molecule has 0 aliphatic heterocycles. The van der Waals surface area contributed by atoms with Crippen LogP contribution in [0.5, 0.6) is 0 Å². The van der Waals surface area contributed by atoms with Gasteiger partial charge in [0.15, 0.2) is 0 Å². The van der Waals surface area contributed by atoms with E-state index in [4.69, 9.17) is 0 Å². The van der Waals surface area contributed by atoms with Crippen molar-refractivity contribution >= 4 is 10.8 Å². The van der Waals surface area contributed by atoms with Crippen LogP contribution in [-0.4, -0.2) is 0 Å². The fraction of sp³-hybridized carbons (Fsp3) is 0.150. The molecule has 0 saturated heterocycles. The van der Waals surface area contributed by atoms with Crippen molar-refractivity contribution in [2.75, 3.05) is 0 Å². The molecule has 0 heteroatoms. The number of rotatable bonds is 2. The maximum absolute atomic E-state index is 2.44. The van der Waals surface area contributed by atoms with Crippen LogP contribution in [0.4, 0.5) is 0 Å². The second-order valence-electron chi connectivity index (χ2n) is 12.6. The smallest absolute Gasteiger partial charge is 0.0159 e. The molecule has 0 saturated carbocycles. The normalized spacial score (nSPS) is 15.4.